The van der Waals surface area contributed by atoms with E-state index < -0.39 is 0 Å². The minimum Gasteiger partial charge on any atom is -0.346 e. The van der Waals surface area contributed by atoms with Gasteiger partial charge in [0.2, 0.25) is 0 Å². The number of aromatic nitrogens is 2. The van der Waals surface area contributed by atoms with Gasteiger partial charge < -0.3 is 5.32 Å². The van der Waals surface area contributed by atoms with E-state index in [0.717, 1.165) is 10.9 Å². The average molecular weight is 307 g/mol. The van der Waals surface area contributed by atoms with Crippen molar-refractivity contribution in [3.63, 3.8) is 0 Å². The Balaban J connectivity index is 1.87. The van der Waals surface area contributed by atoms with Gasteiger partial charge in [-0.1, -0.05) is 35.9 Å². The van der Waals surface area contributed by atoms with Gasteiger partial charge in [0.25, 0.3) is 11.5 Å². The van der Waals surface area contributed by atoms with Crippen LogP contribution in [0.2, 0.25) is 0 Å². The topological polar surface area (TPSA) is 64.0 Å². The van der Waals surface area contributed by atoms with Crippen molar-refractivity contribution in [2.75, 3.05) is 0 Å². The SMILES string of the molecule is Cc1ccc(C(=O)NCc2nn(C)c(=O)c3ccccc23)cc1. The van der Waals surface area contributed by atoms with E-state index >= 15 is 0 Å². The molecule has 1 heterocycles. The number of nitrogens with one attached hydrogen (secondary N) is 1. The molecule has 3 rings (SSSR count). The van der Waals surface area contributed by atoms with Crippen LogP contribution in [0.15, 0.2) is 53.3 Å². The Labute approximate surface area is 133 Å². The zero-order valence-electron chi connectivity index (χ0n) is 13.0. The van der Waals surface area contributed by atoms with Gasteiger partial charge in [0.1, 0.15) is 0 Å². The second kappa shape index (κ2) is 6.04. The van der Waals surface area contributed by atoms with E-state index in [1.807, 2.05) is 37.3 Å². The molecule has 23 heavy (non-hydrogen) atoms. The lowest BCUT2D eigenvalue weighted by Crippen LogP contribution is -2.27. The van der Waals surface area contributed by atoms with E-state index in [4.69, 9.17) is 0 Å². The first-order chi connectivity index (χ1) is 11.1. The molecule has 0 aliphatic heterocycles. The summed E-state index contributed by atoms with van der Waals surface area (Å²) in [7, 11) is 1.61. The number of rotatable bonds is 3. The molecule has 0 spiro atoms. The average Bonchev–Trinajstić information content (AvgIpc) is 2.57. The molecule has 0 radical (unpaired) electrons. The van der Waals surface area contributed by atoms with Crippen molar-refractivity contribution in [1.29, 1.82) is 0 Å². The summed E-state index contributed by atoms with van der Waals surface area (Å²) < 4.78 is 1.30. The maximum atomic E-state index is 12.2. The van der Waals surface area contributed by atoms with E-state index in [1.54, 1.807) is 25.2 Å². The third kappa shape index (κ3) is 2.99. The number of nitrogens with zero attached hydrogens (tertiary/aromatic N) is 2. The summed E-state index contributed by atoms with van der Waals surface area (Å²) in [4.78, 5) is 24.3. The first-order valence-corrected chi connectivity index (χ1v) is 7.36. The van der Waals surface area contributed by atoms with E-state index in [-0.39, 0.29) is 18.0 Å². The summed E-state index contributed by atoms with van der Waals surface area (Å²) in [5, 5.41) is 8.49. The van der Waals surface area contributed by atoms with Crippen molar-refractivity contribution in [3.8, 4) is 0 Å². The zero-order valence-corrected chi connectivity index (χ0v) is 13.0. The number of benzene rings is 2. The smallest absolute Gasteiger partial charge is 0.274 e. The normalized spacial score (nSPS) is 10.7. The van der Waals surface area contributed by atoms with Crippen LogP contribution in [0.5, 0.6) is 0 Å². The molecule has 1 aromatic heterocycles. The molecule has 116 valence electrons. The van der Waals surface area contributed by atoms with Crippen molar-refractivity contribution in [3.05, 3.63) is 75.7 Å². The van der Waals surface area contributed by atoms with Gasteiger partial charge in [-0.3, -0.25) is 9.59 Å². The molecule has 5 nitrogen and oxygen atoms in total. The van der Waals surface area contributed by atoms with Gasteiger partial charge in [0.05, 0.1) is 17.6 Å². The maximum absolute atomic E-state index is 12.2. The lowest BCUT2D eigenvalue weighted by atomic mass is 10.1. The molecule has 0 unspecified atom stereocenters. The number of hydrogen-bond donors (Lipinski definition) is 1. The van der Waals surface area contributed by atoms with Crippen LogP contribution >= 0.6 is 0 Å². The molecule has 2 aromatic carbocycles. The molecular formula is C18H17N3O2. The number of aryl methyl sites for hydroxylation is 2. The molecule has 0 fully saturated rings. The minimum atomic E-state index is -0.162. The maximum Gasteiger partial charge on any atom is 0.274 e. The molecule has 1 amide bonds. The molecule has 0 bridgehead atoms. The molecule has 1 N–H and O–H groups in total. The lowest BCUT2D eigenvalue weighted by Gasteiger charge is -2.09. The van der Waals surface area contributed by atoms with E-state index in [1.165, 1.54) is 4.68 Å². The van der Waals surface area contributed by atoms with Gasteiger partial charge in [0.15, 0.2) is 0 Å². The van der Waals surface area contributed by atoms with Crippen LogP contribution in [-0.4, -0.2) is 15.7 Å². The van der Waals surface area contributed by atoms with Crippen LogP contribution in [0, 0.1) is 6.92 Å². The first-order valence-electron chi connectivity index (χ1n) is 7.36. The van der Waals surface area contributed by atoms with Gasteiger partial charge in [-0.05, 0) is 25.1 Å². The van der Waals surface area contributed by atoms with Crippen LogP contribution in [0.25, 0.3) is 10.8 Å². The number of hydrogen-bond acceptors (Lipinski definition) is 3. The Hall–Kier alpha value is -2.95. The fraction of sp³-hybridized carbons (Fsp3) is 0.167. The van der Waals surface area contributed by atoms with Crippen LogP contribution in [0.3, 0.4) is 0 Å². The second-order valence-corrected chi connectivity index (χ2v) is 5.47. The van der Waals surface area contributed by atoms with Crippen molar-refractivity contribution in [2.45, 2.75) is 13.5 Å². The Morgan fingerprint density at radius 1 is 1.09 bits per heavy atom. The van der Waals surface area contributed by atoms with E-state index in [2.05, 4.69) is 10.4 Å². The highest BCUT2D eigenvalue weighted by Gasteiger charge is 2.10. The van der Waals surface area contributed by atoms with Crippen LogP contribution in [-0.2, 0) is 13.6 Å². The van der Waals surface area contributed by atoms with Crippen molar-refractivity contribution in [2.24, 2.45) is 7.05 Å². The quantitative estimate of drug-likeness (QED) is 0.806. The monoisotopic (exact) mass is 307 g/mol. The Kier molecular flexibility index (Phi) is 3.93. The van der Waals surface area contributed by atoms with Crippen LogP contribution in [0.4, 0.5) is 0 Å². The number of fused-ring (bicyclic) bond motifs is 1. The predicted octanol–water partition coefficient (Wildman–Crippen LogP) is 2.17. The van der Waals surface area contributed by atoms with Gasteiger partial charge in [-0.25, -0.2) is 4.68 Å². The Bertz CT molecular complexity index is 927. The third-order valence-corrected chi connectivity index (χ3v) is 3.76. The molecule has 0 aliphatic rings. The summed E-state index contributed by atoms with van der Waals surface area (Å²) >= 11 is 0. The molecule has 0 saturated heterocycles. The summed E-state index contributed by atoms with van der Waals surface area (Å²) in [6.45, 7) is 2.24. The number of amides is 1. The summed E-state index contributed by atoms with van der Waals surface area (Å²) in [5.74, 6) is -0.162. The van der Waals surface area contributed by atoms with Crippen molar-refractivity contribution in [1.82, 2.24) is 15.1 Å². The van der Waals surface area contributed by atoms with Crippen LogP contribution < -0.4 is 10.9 Å². The third-order valence-electron chi connectivity index (χ3n) is 3.76. The molecule has 0 aliphatic carbocycles. The zero-order chi connectivity index (χ0) is 16.4. The molecule has 5 heteroatoms. The van der Waals surface area contributed by atoms with Crippen molar-refractivity contribution < 1.29 is 4.79 Å². The summed E-state index contributed by atoms with van der Waals surface area (Å²) in [6.07, 6.45) is 0. The number of carbonyl (C=O) groups is 1. The second-order valence-electron chi connectivity index (χ2n) is 5.47. The molecule has 0 atom stereocenters. The Morgan fingerprint density at radius 3 is 2.43 bits per heavy atom. The van der Waals surface area contributed by atoms with Gasteiger partial charge in [-0.15, -0.1) is 0 Å². The standard InChI is InChI=1S/C18H17N3O2/c1-12-7-9-13(10-8-12)17(22)19-11-16-14-5-3-4-6-15(14)18(23)21(2)20-16/h3-10H,11H2,1-2H3,(H,19,22). The molecule has 0 saturated carbocycles. The molecule has 3 aromatic rings. The lowest BCUT2D eigenvalue weighted by molar-refractivity contribution is 0.0950. The van der Waals surface area contributed by atoms with E-state index in [0.29, 0.717) is 16.6 Å². The Morgan fingerprint density at radius 2 is 1.74 bits per heavy atom. The fourth-order valence-corrected chi connectivity index (χ4v) is 2.48. The minimum absolute atomic E-state index is 0.144. The molecular weight excluding hydrogens is 290 g/mol. The predicted molar refractivity (Wildman–Crippen MR) is 89.3 cm³/mol. The van der Waals surface area contributed by atoms with Crippen LogP contribution in [0.1, 0.15) is 21.6 Å². The van der Waals surface area contributed by atoms with Gasteiger partial charge >= 0.3 is 0 Å². The highest BCUT2D eigenvalue weighted by molar-refractivity contribution is 5.94. The highest BCUT2D eigenvalue weighted by atomic mass is 16.1. The summed E-state index contributed by atoms with van der Waals surface area (Å²) in [6, 6.07) is 14.7. The van der Waals surface area contributed by atoms with Gasteiger partial charge in [-0.2, -0.15) is 5.10 Å². The van der Waals surface area contributed by atoms with Gasteiger partial charge in [0, 0.05) is 18.0 Å². The van der Waals surface area contributed by atoms with Crippen molar-refractivity contribution >= 4 is 16.7 Å². The van der Waals surface area contributed by atoms with E-state index in [9.17, 15) is 9.59 Å². The summed E-state index contributed by atoms with van der Waals surface area (Å²) in [5.41, 5.74) is 2.23. The largest absolute Gasteiger partial charge is 0.346 e. The first kappa shape index (κ1) is 15.0. The number of carbonyl (C=O) groups excluding carboxylic acids is 1. The highest BCUT2D eigenvalue weighted by Crippen LogP contribution is 2.13. The fourth-order valence-electron chi connectivity index (χ4n) is 2.48.